The lowest BCUT2D eigenvalue weighted by Crippen LogP contribution is -2.29. The minimum Gasteiger partial charge on any atom is -0.472 e. The van der Waals surface area contributed by atoms with Crippen LogP contribution in [0.3, 0.4) is 0 Å². The lowest BCUT2D eigenvalue weighted by atomic mass is 10.1. The zero-order valence-electron chi connectivity index (χ0n) is 13.7. The number of pyridine rings is 1. The summed E-state index contributed by atoms with van der Waals surface area (Å²) in [6.07, 6.45) is 3.42. The summed E-state index contributed by atoms with van der Waals surface area (Å²) in [6, 6.07) is 9.58. The van der Waals surface area contributed by atoms with Gasteiger partial charge in [0.2, 0.25) is 5.88 Å². The highest BCUT2D eigenvalue weighted by Gasteiger charge is 2.27. The minimum atomic E-state index is -0.00530. The van der Waals surface area contributed by atoms with Gasteiger partial charge in [-0.3, -0.25) is 4.79 Å². The van der Waals surface area contributed by atoms with E-state index in [1.807, 2.05) is 17.0 Å². The van der Waals surface area contributed by atoms with Crippen LogP contribution < -0.4 is 9.64 Å². The Morgan fingerprint density at radius 1 is 1.38 bits per heavy atom. The van der Waals surface area contributed by atoms with Crippen LogP contribution in [0.25, 0.3) is 0 Å². The minimum absolute atomic E-state index is 0.00530. The summed E-state index contributed by atoms with van der Waals surface area (Å²) < 4.78 is 11.1. The number of rotatable bonds is 3. The third-order valence-electron chi connectivity index (χ3n) is 4.66. The summed E-state index contributed by atoms with van der Waals surface area (Å²) in [4.78, 5) is 19.0. The molecular formula is C19H20N2O3. The molecule has 1 aromatic carbocycles. The normalized spacial score (nSPS) is 19.4. The highest BCUT2D eigenvalue weighted by molar-refractivity contribution is 6.07. The Morgan fingerprint density at radius 2 is 2.29 bits per heavy atom. The van der Waals surface area contributed by atoms with Crippen LogP contribution in [0, 0.1) is 6.92 Å². The number of anilines is 1. The molecule has 4 rings (SSSR count). The van der Waals surface area contributed by atoms with E-state index < -0.39 is 0 Å². The topological polar surface area (TPSA) is 51.7 Å². The summed E-state index contributed by atoms with van der Waals surface area (Å²) in [5.74, 6) is 0.481. The molecule has 3 heterocycles. The Bertz CT molecular complexity index is 769. The lowest BCUT2D eigenvalue weighted by molar-refractivity contribution is 0.0987. The Balaban J connectivity index is 1.56. The van der Waals surface area contributed by atoms with Gasteiger partial charge in [-0.1, -0.05) is 12.1 Å². The fourth-order valence-corrected chi connectivity index (χ4v) is 3.36. The van der Waals surface area contributed by atoms with Gasteiger partial charge in [0.15, 0.2) is 0 Å². The van der Waals surface area contributed by atoms with E-state index in [1.165, 1.54) is 11.1 Å². The van der Waals surface area contributed by atoms with Gasteiger partial charge in [-0.2, -0.15) is 0 Å². The van der Waals surface area contributed by atoms with Crippen molar-refractivity contribution >= 4 is 11.6 Å². The molecule has 2 aliphatic rings. The fourth-order valence-electron chi connectivity index (χ4n) is 3.36. The molecule has 0 bridgehead atoms. The monoisotopic (exact) mass is 324 g/mol. The Hall–Kier alpha value is -2.40. The second kappa shape index (κ2) is 6.24. The molecule has 2 aliphatic heterocycles. The number of amides is 1. The SMILES string of the molecule is Cc1cccc2c1CCN2C(=O)c1ccnc(O[C@H]2CCOC2)c1. The van der Waals surface area contributed by atoms with E-state index in [-0.39, 0.29) is 12.0 Å². The summed E-state index contributed by atoms with van der Waals surface area (Å²) in [5.41, 5.74) is 4.12. The molecule has 5 nitrogen and oxygen atoms in total. The van der Waals surface area contributed by atoms with Crippen molar-refractivity contribution in [1.82, 2.24) is 4.98 Å². The third kappa shape index (κ3) is 2.76. The number of nitrogens with zero attached hydrogens (tertiary/aromatic N) is 2. The molecular weight excluding hydrogens is 304 g/mol. The molecule has 24 heavy (non-hydrogen) atoms. The molecule has 1 aromatic heterocycles. The van der Waals surface area contributed by atoms with Crippen molar-refractivity contribution in [2.75, 3.05) is 24.7 Å². The molecule has 2 aromatic rings. The largest absolute Gasteiger partial charge is 0.472 e. The number of hydrogen-bond donors (Lipinski definition) is 0. The first-order valence-corrected chi connectivity index (χ1v) is 8.33. The van der Waals surface area contributed by atoms with E-state index in [2.05, 4.69) is 18.0 Å². The smallest absolute Gasteiger partial charge is 0.258 e. The molecule has 1 atom stereocenters. The van der Waals surface area contributed by atoms with Crippen LogP contribution in [-0.4, -0.2) is 36.8 Å². The van der Waals surface area contributed by atoms with Crippen LogP contribution in [0.15, 0.2) is 36.5 Å². The van der Waals surface area contributed by atoms with Crippen molar-refractivity contribution in [1.29, 1.82) is 0 Å². The molecule has 124 valence electrons. The quantitative estimate of drug-likeness (QED) is 0.871. The Labute approximate surface area is 141 Å². The number of carbonyl (C=O) groups is 1. The number of fused-ring (bicyclic) bond motifs is 1. The van der Waals surface area contributed by atoms with E-state index in [0.29, 0.717) is 31.2 Å². The highest BCUT2D eigenvalue weighted by Crippen LogP contribution is 2.31. The predicted octanol–water partition coefficient (Wildman–Crippen LogP) is 2.76. The average Bonchev–Trinajstić information content (AvgIpc) is 3.25. The number of ether oxygens (including phenoxy) is 2. The first-order chi connectivity index (χ1) is 11.7. The molecule has 0 unspecified atom stereocenters. The number of hydrogen-bond acceptors (Lipinski definition) is 4. The van der Waals surface area contributed by atoms with Gasteiger partial charge in [-0.15, -0.1) is 0 Å². The number of carbonyl (C=O) groups excluding carboxylic acids is 1. The van der Waals surface area contributed by atoms with Crippen LogP contribution in [0.2, 0.25) is 0 Å². The van der Waals surface area contributed by atoms with E-state index in [1.54, 1.807) is 18.3 Å². The molecule has 0 aliphatic carbocycles. The molecule has 0 radical (unpaired) electrons. The van der Waals surface area contributed by atoms with Crippen molar-refractivity contribution in [3.63, 3.8) is 0 Å². The van der Waals surface area contributed by atoms with Crippen molar-refractivity contribution in [3.8, 4) is 5.88 Å². The van der Waals surface area contributed by atoms with Gasteiger partial charge >= 0.3 is 0 Å². The molecule has 1 saturated heterocycles. The number of aryl methyl sites for hydroxylation is 1. The summed E-state index contributed by atoms with van der Waals surface area (Å²) >= 11 is 0. The van der Waals surface area contributed by atoms with E-state index in [0.717, 1.165) is 18.5 Å². The average molecular weight is 324 g/mol. The van der Waals surface area contributed by atoms with E-state index in [4.69, 9.17) is 9.47 Å². The van der Waals surface area contributed by atoms with Crippen molar-refractivity contribution in [2.24, 2.45) is 0 Å². The van der Waals surface area contributed by atoms with E-state index >= 15 is 0 Å². The molecule has 0 N–H and O–H groups in total. The summed E-state index contributed by atoms with van der Waals surface area (Å²) in [7, 11) is 0. The van der Waals surface area contributed by atoms with Crippen LogP contribution in [0.5, 0.6) is 5.88 Å². The molecule has 0 spiro atoms. The maximum atomic E-state index is 12.9. The molecule has 0 saturated carbocycles. The van der Waals surface area contributed by atoms with Gasteiger partial charge in [-0.25, -0.2) is 4.98 Å². The molecule has 1 fully saturated rings. The zero-order chi connectivity index (χ0) is 16.5. The molecule has 1 amide bonds. The van der Waals surface area contributed by atoms with Crippen LogP contribution in [0.4, 0.5) is 5.69 Å². The van der Waals surface area contributed by atoms with Gasteiger partial charge < -0.3 is 14.4 Å². The van der Waals surface area contributed by atoms with Crippen molar-refractivity contribution < 1.29 is 14.3 Å². The Morgan fingerprint density at radius 3 is 3.12 bits per heavy atom. The lowest BCUT2D eigenvalue weighted by Gasteiger charge is -2.18. The second-order valence-electron chi connectivity index (χ2n) is 6.27. The maximum Gasteiger partial charge on any atom is 0.258 e. The molecule has 5 heteroatoms. The highest BCUT2D eigenvalue weighted by atomic mass is 16.5. The number of benzene rings is 1. The first-order valence-electron chi connectivity index (χ1n) is 8.33. The van der Waals surface area contributed by atoms with Gasteiger partial charge in [0.25, 0.3) is 5.91 Å². The summed E-state index contributed by atoms with van der Waals surface area (Å²) in [6.45, 7) is 4.11. The Kier molecular flexibility index (Phi) is 3.94. The number of aromatic nitrogens is 1. The van der Waals surface area contributed by atoms with Crippen LogP contribution in [-0.2, 0) is 11.2 Å². The standard InChI is InChI=1S/C19H20N2O3/c1-13-3-2-4-17-16(13)6-9-21(17)19(22)14-5-8-20-18(11-14)24-15-7-10-23-12-15/h2-5,8,11,15H,6-7,9-10,12H2,1H3/t15-/m0/s1. The van der Waals surface area contributed by atoms with Crippen LogP contribution >= 0.6 is 0 Å². The van der Waals surface area contributed by atoms with Gasteiger partial charge in [-0.05, 0) is 36.6 Å². The third-order valence-corrected chi connectivity index (χ3v) is 4.66. The predicted molar refractivity (Wildman–Crippen MR) is 90.6 cm³/mol. The van der Waals surface area contributed by atoms with E-state index in [9.17, 15) is 4.79 Å². The first kappa shape index (κ1) is 15.1. The van der Waals surface area contributed by atoms with Gasteiger partial charge in [0.05, 0.1) is 13.2 Å². The summed E-state index contributed by atoms with van der Waals surface area (Å²) in [5, 5.41) is 0. The fraction of sp³-hybridized carbons (Fsp3) is 0.368. The van der Waals surface area contributed by atoms with Crippen molar-refractivity contribution in [2.45, 2.75) is 25.9 Å². The van der Waals surface area contributed by atoms with Crippen LogP contribution in [0.1, 0.15) is 27.9 Å². The maximum absolute atomic E-state index is 12.9. The second-order valence-corrected chi connectivity index (χ2v) is 6.27. The zero-order valence-corrected chi connectivity index (χ0v) is 13.7. The van der Waals surface area contributed by atoms with Gasteiger partial charge in [0.1, 0.15) is 6.10 Å². The van der Waals surface area contributed by atoms with Crippen molar-refractivity contribution in [3.05, 3.63) is 53.2 Å². The van der Waals surface area contributed by atoms with Gasteiger partial charge in [0, 0.05) is 36.5 Å².